The number of thiocarbonyl (C=S) groups is 1. The van der Waals surface area contributed by atoms with Crippen molar-refractivity contribution in [2.24, 2.45) is 0 Å². The monoisotopic (exact) mass is 625 g/mol. The molecule has 39 heavy (non-hydrogen) atoms. The Balaban J connectivity index is 1.62. The maximum Gasteiger partial charge on any atom is 0.333 e. The zero-order chi connectivity index (χ0) is 27.9. The van der Waals surface area contributed by atoms with Crippen molar-refractivity contribution in [3.63, 3.8) is 0 Å². The number of amides is 1. The summed E-state index contributed by atoms with van der Waals surface area (Å²) in [6, 6.07) is 19.9. The van der Waals surface area contributed by atoms with Gasteiger partial charge in [0.1, 0.15) is 10.9 Å². The van der Waals surface area contributed by atoms with Crippen LogP contribution in [0.25, 0.3) is 6.08 Å². The molecular weight excluding hydrogens is 598 g/mol. The van der Waals surface area contributed by atoms with Crippen LogP contribution < -0.4 is 9.47 Å². The molecule has 1 heterocycles. The molecule has 1 amide bonds. The van der Waals surface area contributed by atoms with Gasteiger partial charge in [0, 0.05) is 0 Å². The Bertz CT molecular complexity index is 1390. The molecule has 1 atom stereocenters. The summed E-state index contributed by atoms with van der Waals surface area (Å²) in [5.41, 5.74) is 3.57. The van der Waals surface area contributed by atoms with E-state index in [0.29, 0.717) is 39.7 Å². The van der Waals surface area contributed by atoms with Gasteiger partial charge in [0.15, 0.2) is 17.5 Å². The number of nitrogens with zero attached hydrogens (tertiary/aromatic N) is 1. The Morgan fingerprint density at radius 3 is 2.44 bits per heavy atom. The Kier molecular flexibility index (Phi) is 9.83. The van der Waals surface area contributed by atoms with Gasteiger partial charge in [-0.05, 0) is 71.6 Å². The van der Waals surface area contributed by atoms with Gasteiger partial charge in [0.2, 0.25) is 0 Å². The summed E-state index contributed by atoms with van der Waals surface area (Å²) in [6.45, 7) is 6.68. The second-order valence-electron chi connectivity index (χ2n) is 8.65. The van der Waals surface area contributed by atoms with Crippen LogP contribution in [0.1, 0.15) is 42.1 Å². The molecule has 0 spiro atoms. The maximum absolute atomic E-state index is 13.6. The van der Waals surface area contributed by atoms with E-state index in [-0.39, 0.29) is 16.8 Å². The molecule has 6 nitrogen and oxygen atoms in total. The number of carbonyl (C=O) groups excluding carboxylic acids is 2. The summed E-state index contributed by atoms with van der Waals surface area (Å²) < 4.78 is 18.3. The lowest BCUT2D eigenvalue weighted by atomic mass is 10.1. The van der Waals surface area contributed by atoms with Crippen LogP contribution in [0, 0.1) is 6.92 Å². The molecule has 1 aliphatic heterocycles. The molecule has 0 aromatic heterocycles. The quantitative estimate of drug-likeness (QED) is 0.134. The van der Waals surface area contributed by atoms with Gasteiger partial charge in [-0.25, -0.2) is 4.79 Å². The van der Waals surface area contributed by atoms with Gasteiger partial charge >= 0.3 is 5.97 Å². The Morgan fingerprint density at radius 2 is 1.77 bits per heavy atom. The summed E-state index contributed by atoms with van der Waals surface area (Å²) in [6.07, 6.45) is 1.74. The molecule has 0 aliphatic carbocycles. The van der Waals surface area contributed by atoms with E-state index in [1.165, 1.54) is 10.5 Å². The van der Waals surface area contributed by atoms with E-state index >= 15 is 0 Å². The highest BCUT2D eigenvalue weighted by Crippen LogP contribution is 2.41. The number of halogens is 1. The molecule has 1 unspecified atom stereocenters. The summed E-state index contributed by atoms with van der Waals surface area (Å²) in [4.78, 5) is 28.2. The van der Waals surface area contributed by atoms with Crippen molar-refractivity contribution >= 4 is 62.2 Å². The van der Waals surface area contributed by atoms with E-state index in [1.807, 2.05) is 68.4 Å². The van der Waals surface area contributed by atoms with Crippen LogP contribution in [0.3, 0.4) is 0 Å². The van der Waals surface area contributed by atoms with Crippen molar-refractivity contribution in [1.29, 1.82) is 0 Å². The topological polar surface area (TPSA) is 65.1 Å². The van der Waals surface area contributed by atoms with Crippen LogP contribution >= 0.6 is 39.9 Å². The van der Waals surface area contributed by atoms with Crippen molar-refractivity contribution in [2.45, 2.75) is 33.4 Å². The zero-order valence-corrected chi connectivity index (χ0v) is 25.0. The van der Waals surface area contributed by atoms with Crippen LogP contribution in [-0.4, -0.2) is 34.3 Å². The molecule has 9 heteroatoms. The molecule has 0 N–H and O–H groups in total. The average Bonchev–Trinajstić information content (AvgIpc) is 3.18. The lowest BCUT2D eigenvalue weighted by molar-refractivity contribution is -0.151. The molecule has 0 radical (unpaired) electrons. The molecule has 202 valence electrons. The van der Waals surface area contributed by atoms with Crippen LogP contribution in [0.15, 0.2) is 76.1 Å². The van der Waals surface area contributed by atoms with Crippen molar-refractivity contribution in [2.75, 3.05) is 13.2 Å². The third kappa shape index (κ3) is 6.90. The standard InChI is InChI=1S/C30H28BrNO5S2/c1-4-35-24-16-21(15-23(31)27(24)37-18-20-13-11-19(3)12-14-20)17-25-28(33)32(30(38)39-25)26(29(34)36-5-2)22-9-7-6-8-10-22/h6-17,26H,4-5,18H2,1-3H3/b25-17-. The van der Waals surface area contributed by atoms with E-state index in [1.54, 1.807) is 25.1 Å². The number of benzene rings is 3. The summed E-state index contributed by atoms with van der Waals surface area (Å²) in [5.74, 6) is 0.237. The van der Waals surface area contributed by atoms with Gasteiger partial charge in [-0.3, -0.25) is 9.69 Å². The molecule has 1 fully saturated rings. The second-order valence-corrected chi connectivity index (χ2v) is 11.2. The smallest absolute Gasteiger partial charge is 0.333 e. The van der Waals surface area contributed by atoms with E-state index in [0.717, 1.165) is 22.9 Å². The number of hydrogen-bond donors (Lipinski definition) is 0. The fourth-order valence-electron chi connectivity index (χ4n) is 4.01. The highest BCUT2D eigenvalue weighted by molar-refractivity contribution is 9.10. The number of esters is 1. The van der Waals surface area contributed by atoms with Crippen LogP contribution in [-0.2, 0) is 20.9 Å². The molecule has 0 saturated carbocycles. The van der Waals surface area contributed by atoms with Crippen molar-refractivity contribution in [3.8, 4) is 11.5 Å². The lowest BCUT2D eigenvalue weighted by Gasteiger charge is -2.25. The van der Waals surface area contributed by atoms with Gasteiger partial charge in [0.05, 0.1) is 22.6 Å². The Morgan fingerprint density at radius 1 is 1.05 bits per heavy atom. The molecular formula is C30H28BrNO5S2. The number of hydrogen-bond acceptors (Lipinski definition) is 7. The minimum Gasteiger partial charge on any atom is -0.490 e. The first-order valence-electron chi connectivity index (χ1n) is 12.5. The lowest BCUT2D eigenvalue weighted by Crippen LogP contribution is -2.38. The molecule has 1 aliphatic rings. The average molecular weight is 627 g/mol. The van der Waals surface area contributed by atoms with Crippen molar-refractivity contribution < 1.29 is 23.8 Å². The predicted molar refractivity (Wildman–Crippen MR) is 162 cm³/mol. The number of carbonyl (C=O) groups is 2. The molecule has 3 aromatic rings. The van der Waals surface area contributed by atoms with Crippen molar-refractivity contribution in [1.82, 2.24) is 4.90 Å². The van der Waals surface area contributed by atoms with Gasteiger partial charge in [-0.1, -0.05) is 84.1 Å². The number of ether oxygens (including phenoxy) is 3. The first kappa shape index (κ1) is 28.9. The predicted octanol–water partition coefficient (Wildman–Crippen LogP) is 7.24. The first-order valence-corrected chi connectivity index (χ1v) is 14.5. The highest BCUT2D eigenvalue weighted by atomic mass is 79.9. The van der Waals surface area contributed by atoms with Crippen LogP contribution in [0.4, 0.5) is 0 Å². The number of thioether (sulfide) groups is 1. The van der Waals surface area contributed by atoms with E-state index in [2.05, 4.69) is 15.9 Å². The third-order valence-electron chi connectivity index (χ3n) is 5.84. The molecule has 3 aromatic carbocycles. The van der Waals surface area contributed by atoms with Gasteiger partial charge in [-0.2, -0.15) is 0 Å². The van der Waals surface area contributed by atoms with E-state index in [4.69, 9.17) is 26.4 Å². The van der Waals surface area contributed by atoms with Crippen LogP contribution in [0.2, 0.25) is 0 Å². The van der Waals surface area contributed by atoms with Crippen LogP contribution in [0.5, 0.6) is 11.5 Å². The zero-order valence-electron chi connectivity index (χ0n) is 21.8. The fourth-order valence-corrected chi connectivity index (χ4v) is 5.90. The van der Waals surface area contributed by atoms with E-state index < -0.39 is 12.0 Å². The van der Waals surface area contributed by atoms with E-state index in [9.17, 15) is 9.59 Å². The first-order chi connectivity index (χ1) is 18.8. The molecule has 1 saturated heterocycles. The largest absolute Gasteiger partial charge is 0.490 e. The summed E-state index contributed by atoms with van der Waals surface area (Å²) >= 11 is 10.3. The Labute approximate surface area is 246 Å². The number of rotatable bonds is 10. The summed E-state index contributed by atoms with van der Waals surface area (Å²) in [5, 5.41) is 0. The molecule has 0 bridgehead atoms. The SMILES string of the molecule is CCOC(=O)C(c1ccccc1)N1C(=O)/C(=C/c2cc(Br)c(OCc3ccc(C)cc3)c(OCC)c2)SC1=S. The van der Waals surface area contributed by atoms with Crippen molar-refractivity contribution in [3.05, 3.63) is 98.4 Å². The fraction of sp³-hybridized carbons (Fsp3) is 0.233. The minimum atomic E-state index is -0.965. The normalized spacial score (nSPS) is 15.0. The maximum atomic E-state index is 13.6. The van der Waals surface area contributed by atoms with Gasteiger partial charge in [-0.15, -0.1) is 0 Å². The number of aryl methyl sites for hydroxylation is 1. The van der Waals surface area contributed by atoms with Gasteiger partial charge in [0.25, 0.3) is 5.91 Å². The minimum absolute atomic E-state index is 0.194. The summed E-state index contributed by atoms with van der Waals surface area (Å²) in [7, 11) is 0. The Hall–Kier alpha value is -3.14. The van der Waals surface area contributed by atoms with Gasteiger partial charge < -0.3 is 14.2 Å². The molecule has 4 rings (SSSR count). The highest BCUT2D eigenvalue weighted by Gasteiger charge is 2.42. The third-order valence-corrected chi connectivity index (χ3v) is 7.76. The second kappa shape index (κ2) is 13.3.